The van der Waals surface area contributed by atoms with Crippen LogP contribution in [0.1, 0.15) is 29.1 Å². The third kappa shape index (κ3) is 4.83. The molecule has 2 rings (SSSR count). The molecule has 140 valence electrons. The molecule has 26 heavy (non-hydrogen) atoms. The van der Waals surface area contributed by atoms with Gasteiger partial charge in [0.25, 0.3) is 10.0 Å². The number of hydrogen-bond donors (Lipinski definition) is 0. The number of para-hydroxylation sites is 1. The fourth-order valence-corrected chi connectivity index (χ4v) is 4.47. The predicted octanol–water partition coefficient (Wildman–Crippen LogP) is 3.39. The molecule has 1 heterocycles. The van der Waals surface area contributed by atoms with E-state index in [1.165, 1.54) is 5.38 Å². The van der Waals surface area contributed by atoms with Gasteiger partial charge in [-0.1, -0.05) is 22.6 Å². The maximum Gasteiger partial charge on any atom is 0.405 e. The Hall–Kier alpha value is -2.39. The molecule has 0 N–H and O–H groups in total. The highest BCUT2D eigenvalue weighted by atomic mass is 32.2. The average molecular weight is 397 g/mol. The van der Waals surface area contributed by atoms with Crippen molar-refractivity contribution in [2.24, 2.45) is 4.40 Å². The van der Waals surface area contributed by atoms with Crippen molar-refractivity contribution in [2.75, 3.05) is 13.2 Å². The molecule has 0 radical (unpaired) electrons. The van der Waals surface area contributed by atoms with Crippen molar-refractivity contribution in [3.63, 3.8) is 0 Å². The third-order valence-corrected chi connectivity index (χ3v) is 5.55. The van der Waals surface area contributed by atoms with E-state index in [4.69, 9.17) is 14.2 Å². The van der Waals surface area contributed by atoms with Gasteiger partial charge in [-0.25, -0.2) is 4.79 Å². The number of esters is 1. The summed E-state index contributed by atoms with van der Waals surface area (Å²) in [4.78, 5) is 12.3. The third-order valence-electron chi connectivity index (χ3n) is 3.08. The molecule has 0 saturated carbocycles. The number of carbonyl (C=O) groups excluding carboxylic acids is 1. The highest BCUT2D eigenvalue weighted by molar-refractivity contribution is 7.90. The monoisotopic (exact) mass is 397 g/mol. The van der Waals surface area contributed by atoms with E-state index in [2.05, 4.69) is 4.40 Å². The van der Waals surface area contributed by atoms with Crippen molar-refractivity contribution in [1.29, 1.82) is 0 Å². The van der Waals surface area contributed by atoms with E-state index in [0.29, 0.717) is 10.6 Å². The molecule has 0 aliphatic carbocycles. The van der Waals surface area contributed by atoms with Gasteiger partial charge in [0.05, 0.1) is 18.8 Å². The number of thiophene rings is 1. The summed E-state index contributed by atoms with van der Waals surface area (Å²) >= 11 is 1.13. The van der Waals surface area contributed by atoms with Gasteiger partial charge >= 0.3 is 12.1 Å². The Morgan fingerprint density at radius 3 is 2.38 bits per heavy atom. The number of ether oxygens (including phenoxy) is 3. The van der Waals surface area contributed by atoms with Gasteiger partial charge in [-0.2, -0.15) is 8.42 Å². The first-order valence-corrected chi connectivity index (χ1v) is 10.2. The van der Waals surface area contributed by atoms with Crippen LogP contribution < -0.4 is 4.74 Å². The molecule has 0 amide bonds. The fourth-order valence-electron chi connectivity index (χ4n) is 2.05. The summed E-state index contributed by atoms with van der Waals surface area (Å²) in [5, 5.41) is 1.44. The van der Waals surface area contributed by atoms with Crippen LogP contribution in [0.25, 0.3) is 0 Å². The number of nitrogens with zero attached hydrogens (tertiary/aromatic N) is 1. The smallest absolute Gasteiger partial charge is 0.405 e. The minimum absolute atomic E-state index is 0.0475. The zero-order chi connectivity index (χ0) is 19.2. The lowest BCUT2D eigenvalue weighted by molar-refractivity contribution is 0.0522. The number of rotatable bonds is 6. The van der Waals surface area contributed by atoms with Gasteiger partial charge in [-0.15, -0.1) is 11.3 Å². The van der Waals surface area contributed by atoms with Gasteiger partial charge in [-0.05, 0) is 32.9 Å². The van der Waals surface area contributed by atoms with E-state index < -0.39 is 22.1 Å². The Bertz CT molecular complexity index is 887. The van der Waals surface area contributed by atoms with Crippen molar-refractivity contribution in [2.45, 2.75) is 25.7 Å². The molecule has 0 unspecified atom stereocenters. The molecule has 1 aromatic carbocycles. The minimum atomic E-state index is -4.24. The molecule has 0 bridgehead atoms. The summed E-state index contributed by atoms with van der Waals surface area (Å²) in [6, 6.07) is 8.54. The molecule has 7 nitrogen and oxygen atoms in total. The van der Waals surface area contributed by atoms with Gasteiger partial charge < -0.3 is 14.2 Å². The second-order valence-corrected chi connectivity index (χ2v) is 7.56. The predicted molar refractivity (Wildman–Crippen MR) is 98.3 cm³/mol. The first kappa shape index (κ1) is 19.9. The van der Waals surface area contributed by atoms with Crippen molar-refractivity contribution in [3.05, 3.63) is 46.2 Å². The van der Waals surface area contributed by atoms with Crippen molar-refractivity contribution < 1.29 is 27.4 Å². The van der Waals surface area contributed by atoms with E-state index in [9.17, 15) is 13.2 Å². The molecule has 2 aromatic rings. The summed E-state index contributed by atoms with van der Waals surface area (Å²) in [6.45, 7) is 5.21. The number of benzene rings is 1. The van der Waals surface area contributed by atoms with Gasteiger partial charge in [0.15, 0.2) is 0 Å². The van der Waals surface area contributed by atoms with Crippen LogP contribution >= 0.6 is 11.3 Å². The summed E-state index contributed by atoms with van der Waals surface area (Å²) in [6.07, 6.45) is -0.417. The second-order valence-electron chi connectivity index (χ2n) is 4.94. The van der Waals surface area contributed by atoms with Crippen LogP contribution in [0.15, 0.2) is 45.0 Å². The lowest BCUT2D eigenvalue weighted by Gasteiger charge is -2.09. The molecule has 9 heteroatoms. The van der Waals surface area contributed by atoms with E-state index in [0.717, 1.165) is 11.3 Å². The first-order chi connectivity index (χ1) is 12.4. The van der Waals surface area contributed by atoms with E-state index in [1.54, 1.807) is 51.1 Å². The lowest BCUT2D eigenvalue weighted by Crippen LogP contribution is -2.17. The van der Waals surface area contributed by atoms with Crippen LogP contribution in [-0.4, -0.2) is 33.7 Å². The molecule has 0 saturated heterocycles. The topological polar surface area (TPSA) is 91.3 Å². The molecule has 0 atom stereocenters. The van der Waals surface area contributed by atoms with Crippen LogP contribution in [0.4, 0.5) is 0 Å². The second kappa shape index (κ2) is 8.81. The van der Waals surface area contributed by atoms with Crippen LogP contribution in [0.5, 0.6) is 5.75 Å². The van der Waals surface area contributed by atoms with Crippen molar-refractivity contribution >= 4 is 33.4 Å². The zero-order valence-corrected chi connectivity index (χ0v) is 16.2. The fraction of sp³-hybridized carbons (Fsp3) is 0.294. The van der Waals surface area contributed by atoms with Gasteiger partial charge in [0.2, 0.25) is 0 Å². The molecule has 0 aliphatic heterocycles. The number of sulfonamides is 1. The SMILES string of the molecule is CCOC(=O)c1csc(C)c1S(=O)(=O)N=C(OCC)Oc1ccccc1. The zero-order valence-electron chi connectivity index (χ0n) is 14.6. The van der Waals surface area contributed by atoms with Crippen LogP contribution in [0, 0.1) is 6.92 Å². The Labute approximate surface area is 156 Å². The lowest BCUT2D eigenvalue weighted by atomic mass is 10.3. The summed E-state index contributed by atoms with van der Waals surface area (Å²) in [5.74, 6) is -0.338. The summed E-state index contributed by atoms with van der Waals surface area (Å²) < 4.78 is 44.7. The number of hydrogen-bond acceptors (Lipinski definition) is 7. The van der Waals surface area contributed by atoms with Crippen molar-refractivity contribution in [3.8, 4) is 5.75 Å². The molecular formula is C17H19NO6S2. The van der Waals surface area contributed by atoms with Gasteiger partial charge in [0.1, 0.15) is 10.6 Å². The van der Waals surface area contributed by atoms with Crippen LogP contribution in [-0.2, 0) is 19.5 Å². The highest BCUT2D eigenvalue weighted by Gasteiger charge is 2.28. The number of aryl methyl sites for hydroxylation is 1. The van der Waals surface area contributed by atoms with E-state index in [1.807, 2.05) is 0 Å². The molecule has 0 fully saturated rings. The Morgan fingerprint density at radius 2 is 1.77 bits per heavy atom. The number of carbonyl (C=O) groups is 1. The Morgan fingerprint density at radius 1 is 1.12 bits per heavy atom. The molecule has 0 aliphatic rings. The molecule has 1 aromatic heterocycles. The Kier molecular flexibility index (Phi) is 6.76. The quantitative estimate of drug-likeness (QED) is 0.421. The maximum absolute atomic E-state index is 12.8. The van der Waals surface area contributed by atoms with Crippen molar-refractivity contribution in [1.82, 2.24) is 0 Å². The normalized spacial score (nSPS) is 11.9. The first-order valence-electron chi connectivity index (χ1n) is 7.85. The van der Waals surface area contributed by atoms with E-state index >= 15 is 0 Å². The molecular weight excluding hydrogens is 378 g/mol. The van der Waals surface area contributed by atoms with Crippen LogP contribution in [0.2, 0.25) is 0 Å². The highest BCUT2D eigenvalue weighted by Crippen LogP contribution is 2.29. The molecule has 0 spiro atoms. The van der Waals surface area contributed by atoms with E-state index in [-0.39, 0.29) is 23.7 Å². The summed E-state index contributed by atoms with van der Waals surface area (Å²) in [7, 11) is -4.24. The Balaban J connectivity index is 2.43. The van der Waals surface area contributed by atoms with Crippen LogP contribution in [0.3, 0.4) is 0 Å². The average Bonchev–Trinajstić information content (AvgIpc) is 2.98. The largest absolute Gasteiger partial charge is 0.462 e. The minimum Gasteiger partial charge on any atom is -0.462 e. The summed E-state index contributed by atoms with van der Waals surface area (Å²) in [5.41, 5.74) is -0.0475. The van der Waals surface area contributed by atoms with Gasteiger partial charge in [0, 0.05) is 10.3 Å². The van der Waals surface area contributed by atoms with Gasteiger partial charge in [-0.3, -0.25) is 0 Å². The standard InChI is InChI=1S/C17H19NO6S2/c1-4-22-16(19)14-11-25-12(3)15(14)26(20,21)18-17(23-5-2)24-13-9-7-6-8-10-13/h6-11H,4-5H2,1-3H3. The maximum atomic E-state index is 12.8.